The topological polar surface area (TPSA) is 0 Å². The van der Waals surface area contributed by atoms with Crippen LogP contribution >= 0.6 is 24.8 Å². The Balaban J connectivity index is -0.000000215. The Morgan fingerprint density at radius 1 is 0.850 bits per heavy atom. The molecule has 0 heterocycles. The second-order valence-corrected chi connectivity index (χ2v) is 7.44. The van der Waals surface area contributed by atoms with Gasteiger partial charge in [-0.3, -0.25) is 12.2 Å². The minimum Gasteiger partial charge on any atom is -0.147 e. The van der Waals surface area contributed by atoms with Gasteiger partial charge in [-0.1, -0.05) is 13.8 Å². The van der Waals surface area contributed by atoms with Gasteiger partial charge in [-0.25, -0.2) is 23.3 Å². The van der Waals surface area contributed by atoms with E-state index in [0.717, 1.165) is 12.8 Å². The fourth-order valence-corrected chi connectivity index (χ4v) is 1.24. The summed E-state index contributed by atoms with van der Waals surface area (Å²) in [5.74, 6) is 0. The predicted octanol–water partition coefficient (Wildman–Crippen LogP) is 5.76. The molecule has 0 saturated carbocycles. The van der Waals surface area contributed by atoms with Crippen LogP contribution in [-0.4, -0.2) is 3.21 Å². The molecule has 2 aliphatic carbocycles. The molecule has 0 aliphatic heterocycles. The van der Waals surface area contributed by atoms with Gasteiger partial charge in [-0.05, 0) is 0 Å². The summed E-state index contributed by atoms with van der Waals surface area (Å²) >= 11 is 1.55. The summed E-state index contributed by atoms with van der Waals surface area (Å²) in [6.07, 6.45) is 12.4. The van der Waals surface area contributed by atoms with Crippen LogP contribution in [0.2, 0.25) is 0 Å². The second kappa shape index (κ2) is 14.2. The van der Waals surface area contributed by atoms with Gasteiger partial charge >= 0.3 is 41.3 Å². The van der Waals surface area contributed by atoms with Crippen molar-refractivity contribution in [1.82, 2.24) is 0 Å². The van der Waals surface area contributed by atoms with Crippen LogP contribution in [0.15, 0.2) is 34.4 Å². The summed E-state index contributed by atoms with van der Waals surface area (Å²) in [6, 6.07) is 0. The van der Waals surface area contributed by atoms with Crippen molar-refractivity contribution >= 4 is 28.0 Å². The van der Waals surface area contributed by atoms with E-state index in [1.54, 1.807) is 24.2 Å². The Morgan fingerprint density at radius 3 is 1.15 bits per heavy atom. The Morgan fingerprint density at radius 2 is 1.10 bits per heavy atom. The molecule has 3 heteroatoms. The number of rotatable bonds is 0. The third kappa shape index (κ3) is 13.3. The number of allylic oxidation sites excluding steroid dienone is 8. The molecule has 0 unspecified atom stereocenters. The standard InChI is InChI=1S/2C7H9.C3H6.2ClH.Zr/c2*1-6-4-3-5-7(6)2;1-3-2;;;/h2*4H,5H2,1-2H3;1-2H3;2*1H;/q2*-1;;;;+2. The van der Waals surface area contributed by atoms with Gasteiger partial charge in [0.2, 0.25) is 0 Å². The molecule has 0 saturated heterocycles. The van der Waals surface area contributed by atoms with Crippen LogP contribution in [0.1, 0.15) is 54.4 Å². The molecule has 2 aliphatic rings. The summed E-state index contributed by atoms with van der Waals surface area (Å²) in [7, 11) is 0. The molecular formula is C17H26Cl2Zr. The smallest absolute Gasteiger partial charge is 0.147 e. The summed E-state index contributed by atoms with van der Waals surface area (Å²) in [5.41, 5.74) is 5.69. The SMILES string of the molecule is CC1=C(C)C[C-]=C1.CC1=C(C)C[C-]=C1.C[C](C)=[Zr+2].Cl.Cl. The van der Waals surface area contributed by atoms with Gasteiger partial charge < -0.3 is 0 Å². The Hall–Kier alpha value is 0.293. The molecule has 0 atom stereocenters. The van der Waals surface area contributed by atoms with E-state index in [-0.39, 0.29) is 24.8 Å². The van der Waals surface area contributed by atoms with Gasteiger partial charge in [0.25, 0.3) is 0 Å². The van der Waals surface area contributed by atoms with Crippen molar-refractivity contribution in [3.8, 4) is 0 Å². The van der Waals surface area contributed by atoms with Crippen LogP contribution in [0.3, 0.4) is 0 Å². The van der Waals surface area contributed by atoms with Crippen LogP contribution in [0.4, 0.5) is 0 Å². The second-order valence-electron chi connectivity index (χ2n) is 4.98. The summed E-state index contributed by atoms with van der Waals surface area (Å²) in [5, 5.41) is 0. The summed E-state index contributed by atoms with van der Waals surface area (Å²) in [6.45, 7) is 12.8. The molecule has 0 fully saturated rings. The number of halogens is 2. The van der Waals surface area contributed by atoms with E-state index in [0.29, 0.717) is 0 Å². The zero-order chi connectivity index (χ0) is 14.1. The van der Waals surface area contributed by atoms with Crippen molar-refractivity contribution < 1.29 is 24.2 Å². The van der Waals surface area contributed by atoms with Gasteiger partial charge in [0.1, 0.15) is 0 Å². The zero-order valence-electron chi connectivity index (χ0n) is 13.4. The summed E-state index contributed by atoms with van der Waals surface area (Å²) in [4.78, 5) is 0. The molecule has 0 aromatic rings. The quantitative estimate of drug-likeness (QED) is 0.460. The normalized spacial score (nSPS) is 14.8. The van der Waals surface area contributed by atoms with Gasteiger partial charge in [0, 0.05) is 0 Å². The first-order valence-electron chi connectivity index (χ1n) is 6.32. The molecule has 0 amide bonds. The maximum Gasteiger partial charge on any atom is -0.147 e. The fraction of sp³-hybridized carbons (Fsp3) is 0.471. The van der Waals surface area contributed by atoms with Gasteiger partial charge in [0.15, 0.2) is 0 Å². The van der Waals surface area contributed by atoms with Crippen LogP contribution in [0.25, 0.3) is 0 Å². The van der Waals surface area contributed by atoms with Crippen LogP contribution in [0, 0.1) is 12.2 Å². The third-order valence-electron chi connectivity index (χ3n) is 2.72. The minimum atomic E-state index is 0. The van der Waals surface area contributed by atoms with E-state index >= 15 is 0 Å². The molecule has 0 spiro atoms. The minimum absolute atomic E-state index is 0. The van der Waals surface area contributed by atoms with Crippen LogP contribution in [0.5, 0.6) is 0 Å². The van der Waals surface area contributed by atoms with Gasteiger partial charge in [-0.2, -0.15) is 11.1 Å². The van der Waals surface area contributed by atoms with Gasteiger partial charge in [0.05, 0.1) is 0 Å². The van der Waals surface area contributed by atoms with Crippen molar-refractivity contribution in [2.75, 3.05) is 0 Å². The van der Waals surface area contributed by atoms with E-state index in [2.05, 4.69) is 65.8 Å². The molecule has 0 nitrogen and oxygen atoms in total. The van der Waals surface area contributed by atoms with E-state index in [9.17, 15) is 0 Å². The first-order chi connectivity index (χ1) is 8.34. The molecule has 0 bridgehead atoms. The summed E-state index contributed by atoms with van der Waals surface area (Å²) < 4.78 is 1.51. The van der Waals surface area contributed by atoms with E-state index in [4.69, 9.17) is 0 Å². The molecular weight excluding hydrogens is 366 g/mol. The average Bonchev–Trinajstić information content (AvgIpc) is 2.79. The Bertz CT molecular complexity index is 375. The van der Waals surface area contributed by atoms with Crippen molar-refractivity contribution in [1.29, 1.82) is 0 Å². The number of hydrogen-bond acceptors (Lipinski definition) is 0. The van der Waals surface area contributed by atoms with Crippen LogP contribution < -0.4 is 0 Å². The molecule has 0 N–H and O–H groups in total. The molecule has 112 valence electrons. The third-order valence-corrected chi connectivity index (χ3v) is 2.72. The maximum absolute atomic E-state index is 3.12. The monoisotopic (exact) mass is 390 g/mol. The van der Waals surface area contributed by atoms with Crippen molar-refractivity contribution in [3.05, 3.63) is 46.6 Å². The molecule has 0 aromatic heterocycles. The van der Waals surface area contributed by atoms with E-state index < -0.39 is 0 Å². The Labute approximate surface area is 152 Å². The number of hydrogen-bond donors (Lipinski definition) is 0. The van der Waals surface area contributed by atoms with Crippen molar-refractivity contribution in [2.24, 2.45) is 0 Å². The van der Waals surface area contributed by atoms with E-state index in [1.165, 1.54) is 25.5 Å². The van der Waals surface area contributed by atoms with Gasteiger partial charge in [-0.15, -0.1) is 51.5 Å². The first kappa shape index (κ1) is 25.3. The molecule has 0 aromatic carbocycles. The fourth-order valence-electron chi connectivity index (χ4n) is 1.24. The zero-order valence-corrected chi connectivity index (χ0v) is 17.5. The van der Waals surface area contributed by atoms with Crippen molar-refractivity contribution in [2.45, 2.75) is 54.4 Å². The molecule has 20 heavy (non-hydrogen) atoms. The molecule has 2 rings (SSSR count). The average molecular weight is 393 g/mol. The maximum atomic E-state index is 3.12. The molecule has 0 radical (unpaired) electrons. The predicted molar refractivity (Wildman–Crippen MR) is 92.5 cm³/mol. The van der Waals surface area contributed by atoms with Crippen molar-refractivity contribution in [3.63, 3.8) is 0 Å². The van der Waals surface area contributed by atoms with E-state index in [1.807, 2.05) is 0 Å². The van der Waals surface area contributed by atoms with Crippen LogP contribution in [-0.2, 0) is 24.2 Å². The Kier molecular flexibility index (Phi) is 18.0. The first-order valence-corrected chi connectivity index (χ1v) is 7.55. The largest absolute Gasteiger partial charge is 0.147 e.